The summed E-state index contributed by atoms with van der Waals surface area (Å²) in [5.74, 6) is -1.19. The van der Waals surface area contributed by atoms with Crippen molar-refractivity contribution in [2.75, 3.05) is 5.32 Å². The van der Waals surface area contributed by atoms with Gasteiger partial charge in [0, 0.05) is 5.02 Å². The van der Waals surface area contributed by atoms with Crippen LogP contribution in [0.15, 0.2) is 48.5 Å². The van der Waals surface area contributed by atoms with E-state index in [2.05, 4.69) is 9.19 Å². The molecule has 2 rings (SSSR count). The first-order valence-corrected chi connectivity index (χ1v) is 10.4. The first kappa shape index (κ1) is 21.0. The molecule has 0 fully saturated rings. The Morgan fingerprint density at radius 3 is 2.16 bits per heavy atom. The van der Waals surface area contributed by atoms with Gasteiger partial charge in [-0.2, -0.15) is 0 Å². The van der Waals surface area contributed by atoms with Gasteiger partial charge in [0.2, 0.25) is 0 Å². The molecule has 0 heterocycles. The van der Waals surface area contributed by atoms with Gasteiger partial charge in [0.25, 0.3) is 0 Å². The minimum Gasteiger partial charge on any atom is -0.478 e. The number of amides is 1. The number of rotatable bonds is 4. The Morgan fingerprint density at radius 1 is 1.16 bits per heavy atom. The van der Waals surface area contributed by atoms with Crippen molar-refractivity contribution in [2.24, 2.45) is 0 Å². The Labute approximate surface area is 150 Å². The maximum Gasteiger partial charge on any atom is 0.335 e. The Bertz CT molecular complexity index is 795. The topological polar surface area (TPSA) is 133 Å². The molecule has 0 aliphatic carbocycles. The van der Waals surface area contributed by atoms with Crippen molar-refractivity contribution in [3.05, 3.63) is 59.1 Å². The van der Waals surface area contributed by atoms with Gasteiger partial charge in [0.1, 0.15) is 0 Å². The average Bonchev–Trinajstić information content (AvgIpc) is 2.55. The van der Waals surface area contributed by atoms with E-state index in [9.17, 15) is 13.3 Å². The van der Waals surface area contributed by atoms with E-state index in [1.165, 1.54) is 43.3 Å². The Kier molecular flexibility index (Phi) is 7.88. The predicted octanol–water partition coefficient (Wildman–Crippen LogP) is 1.74. The molecule has 25 heavy (non-hydrogen) atoms. The molecule has 1 atom stereocenters. The summed E-state index contributed by atoms with van der Waals surface area (Å²) in [5.41, 5.74) is 0.715. The van der Waals surface area contributed by atoms with Gasteiger partial charge >= 0.3 is 94.4 Å². The Morgan fingerprint density at radius 2 is 1.76 bits per heavy atom. The maximum absolute atomic E-state index is 11.2. The fraction of sp³-hybridized carbons (Fsp3) is 0.0667. The summed E-state index contributed by atoms with van der Waals surface area (Å²) in [7, 11) is 0. The third-order valence-electron chi connectivity index (χ3n) is 2.70. The van der Waals surface area contributed by atoms with Crippen LogP contribution < -0.4 is 9.67 Å². The molecule has 0 aromatic heterocycles. The van der Waals surface area contributed by atoms with Crippen molar-refractivity contribution in [1.29, 1.82) is 0 Å². The van der Waals surface area contributed by atoms with Crippen LogP contribution in [0.4, 0.5) is 5.69 Å². The summed E-state index contributed by atoms with van der Waals surface area (Å²) in [6.07, 6.45) is 0. The maximum atomic E-state index is 11.2. The molecule has 0 spiro atoms. The van der Waals surface area contributed by atoms with Crippen molar-refractivity contribution >= 4 is 47.7 Å². The summed E-state index contributed by atoms with van der Waals surface area (Å²) in [4.78, 5) is 21.0. The van der Waals surface area contributed by atoms with Crippen molar-refractivity contribution in [3.63, 3.8) is 0 Å². The number of aromatic carboxylic acids is 1. The van der Waals surface area contributed by atoms with E-state index in [4.69, 9.17) is 26.1 Å². The molecule has 4 N–H and O–H groups in total. The molecule has 0 aliphatic rings. The van der Waals surface area contributed by atoms with Crippen LogP contribution in [-0.2, 0) is 12.4 Å². The van der Waals surface area contributed by atoms with Crippen LogP contribution >= 0.6 is 11.6 Å². The van der Waals surface area contributed by atoms with Gasteiger partial charge in [-0.25, -0.2) is 4.79 Å². The molecule has 0 saturated carbocycles. The van der Waals surface area contributed by atoms with E-state index >= 15 is 0 Å². The summed E-state index contributed by atoms with van der Waals surface area (Å²) in [6.45, 7) is 1.35. The number of hydrogen-bond acceptors (Lipinski definition) is 5. The summed E-state index contributed by atoms with van der Waals surface area (Å²) in [5, 5.41) is 19.6. The molecule has 0 saturated heterocycles. The molecular weight excluding hydrogens is 417 g/mol. The number of carbonyl (C=O) groups excluding carboxylic acids is 1. The van der Waals surface area contributed by atoms with Gasteiger partial charge in [0.05, 0.1) is 5.56 Å². The number of nitrogens with one attached hydrogen (secondary N) is 1. The molecule has 134 valence electrons. The first-order valence-electron chi connectivity index (χ1n) is 6.68. The third kappa shape index (κ3) is 7.13. The molecule has 0 radical (unpaired) electrons. The fourth-order valence-electron chi connectivity index (χ4n) is 1.61. The molecule has 8 nitrogen and oxygen atoms in total. The van der Waals surface area contributed by atoms with E-state index in [0.717, 1.165) is 0 Å². The van der Waals surface area contributed by atoms with Gasteiger partial charge in [0.15, 0.2) is 0 Å². The summed E-state index contributed by atoms with van der Waals surface area (Å²) >= 11 is 0.762. The van der Waals surface area contributed by atoms with Crippen LogP contribution in [0.3, 0.4) is 0 Å². The second-order valence-electron chi connectivity index (χ2n) is 4.65. The van der Waals surface area contributed by atoms with Gasteiger partial charge in [-0.15, -0.1) is 0 Å². The van der Waals surface area contributed by atoms with Crippen LogP contribution in [-0.4, -0.2) is 40.5 Å². The molecule has 0 aliphatic heterocycles. The molecule has 2 aromatic rings. The molecule has 1 unspecified atom stereocenters. The fourth-order valence-corrected chi connectivity index (χ4v) is 3.10. The zero-order valence-corrected chi connectivity index (χ0v) is 15.6. The van der Waals surface area contributed by atoms with Gasteiger partial charge in [-0.3, -0.25) is 0 Å². The van der Waals surface area contributed by atoms with Crippen LogP contribution in [0.1, 0.15) is 17.3 Å². The molecule has 0 bridgehead atoms. The van der Waals surface area contributed by atoms with Crippen LogP contribution in [0.25, 0.3) is 0 Å². The van der Waals surface area contributed by atoms with Crippen molar-refractivity contribution in [2.45, 2.75) is 6.92 Å². The Balaban J connectivity index is 0.000000271. The monoisotopic (exact) mass is 431 g/mol. The van der Waals surface area contributed by atoms with Crippen LogP contribution in [0.2, 0.25) is 5.02 Å². The van der Waals surface area contributed by atoms with E-state index in [1.807, 2.05) is 0 Å². The quantitative estimate of drug-likeness (QED) is 0.329. The normalized spacial score (nSPS) is 12.3. The molecule has 2 aromatic carbocycles. The second kappa shape index (κ2) is 9.41. The van der Waals surface area contributed by atoms with Gasteiger partial charge < -0.3 is 5.11 Å². The zero-order valence-electron chi connectivity index (χ0n) is 12.9. The number of benzene rings is 2. The SMILES string of the molecule is CC(=O)Nc1ccc([As](=O)(O)OO)cc1.O=C(O)c1cccc(Cl)c1. The zero-order chi connectivity index (χ0) is 19.0. The number of hydrogen-bond donors (Lipinski definition) is 4. The molecular formula is C15H15AsClNO7. The standard InChI is InChI=1S/C8H10AsNO5.C7H5ClO2/c1-6(11)10-8-4-2-7(3-5-8)9(12,13)15-14;8-6-3-1-2-5(4-6)7(9)10/h2-5,14H,1H3,(H,10,11)(H,12,13);1-4H,(H,9,10). The van der Waals surface area contributed by atoms with Crippen molar-refractivity contribution < 1.29 is 31.7 Å². The van der Waals surface area contributed by atoms with E-state index < -0.39 is 20.1 Å². The van der Waals surface area contributed by atoms with E-state index in [1.54, 1.807) is 12.1 Å². The first-order chi connectivity index (χ1) is 11.7. The number of carboxylic acid groups (broad SMARTS) is 1. The van der Waals surface area contributed by atoms with Gasteiger partial charge in [-0.1, -0.05) is 17.7 Å². The van der Waals surface area contributed by atoms with Crippen LogP contribution in [0, 0.1) is 0 Å². The van der Waals surface area contributed by atoms with Gasteiger partial charge in [-0.05, 0) is 18.2 Å². The summed E-state index contributed by atoms with van der Waals surface area (Å²) < 4.78 is 23.8. The Hall–Kier alpha value is -2.09. The third-order valence-corrected chi connectivity index (χ3v) is 5.39. The number of anilines is 1. The predicted molar refractivity (Wildman–Crippen MR) is 91.2 cm³/mol. The van der Waals surface area contributed by atoms with Crippen molar-refractivity contribution in [3.8, 4) is 0 Å². The molecule has 1 amide bonds. The minimum atomic E-state index is -4.76. The average molecular weight is 432 g/mol. The van der Waals surface area contributed by atoms with Crippen LogP contribution in [0.5, 0.6) is 0 Å². The van der Waals surface area contributed by atoms with E-state index in [0.29, 0.717) is 10.7 Å². The summed E-state index contributed by atoms with van der Waals surface area (Å²) in [6, 6.07) is 11.6. The van der Waals surface area contributed by atoms with E-state index in [-0.39, 0.29) is 15.8 Å². The second-order valence-corrected chi connectivity index (χ2v) is 8.69. The number of carboxylic acids is 1. The number of halogens is 1. The largest absolute Gasteiger partial charge is 0.478 e. The smallest absolute Gasteiger partial charge is 0.335 e. The molecule has 10 heteroatoms. The minimum absolute atomic E-state index is 0.00438. The number of carbonyl (C=O) groups is 2. The van der Waals surface area contributed by atoms with Crippen molar-refractivity contribution in [1.82, 2.24) is 0 Å².